The van der Waals surface area contributed by atoms with Gasteiger partial charge >= 0.3 is 0 Å². The summed E-state index contributed by atoms with van der Waals surface area (Å²) in [6.07, 6.45) is 2.96. The van der Waals surface area contributed by atoms with Crippen LogP contribution in [0.1, 0.15) is 31.5 Å². The van der Waals surface area contributed by atoms with E-state index in [9.17, 15) is 0 Å². The molecule has 0 radical (unpaired) electrons. The maximum Gasteiger partial charge on any atom is 0.100 e. The third-order valence-corrected chi connectivity index (χ3v) is 5.40. The summed E-state index contributed by atoms with van der Waals surface area (Å²) in [5.74, 6) is 0. The van der Waals surface area contributed by atoms with Gasteiger partial charge in [-0.2, -0.15) is 0 Å². The summed E-state index contributed by atoms with van der Waals surface area (Å²) >= 11 is 6.05. The van der Waals surface area contributed by atoms with Crippen molar-refractivity contribution in [2.24, 2.45) is 0 Å². The van der Waals surface area contributed by atoms with E-state index in [1.807, 2.05) is 12.3 Å². The normalized spacial score (nSPS) is 21.9. The van der Waals surface area contributed by atoms with E-state index in [4.69, 9.17) is 17.2 Å². The summed E-state index contributed by atoms with van der Waals surface area (Å²) < 4.78 is 0. The Hall–Kier alpha value is -1.78. The first-order valence-electron chi connectivity index (χ1n) is 8.71. The van der Waals surface area contributed by atoms with Gasteiger partial charge in [0.2, 0.25) is 0 Å². The molecule has 0 spiro atoms. The molecule has 2 aromatic rings. The first-order chi connectivity index (χ1) is 11.7. The van der Waals surface area contributed by atoms with Gasteiger partial charge in [0, 0.05) is 19.3 Å². The fraction of sp³-hybridized carbons (Fsp3) is 0.400. The molecule has 24 heavy (non-hydrogen) atoms. The zero-order chi connectivity index (χ0) is 17.0. The van der Waals surface area contributed by atoms with Gasteiger partial charge in [0.1, 0.15) is 5.41 Å². The van der Waals surface area contributed by atoms with E-state index in [0.29, 0.717) is 0 Å². The Bertz CT molecular complexity index is 632. The molecule has 1 aliphatic heterocycles. The van der Waals surface area contributed by atoms with Crippen LogP contribution in [0.2, 0.25) is 0 Å². The molecule has 2 heterocycles. The Balaban J connectivity index is 2.17. The van der Waals surface area contributed by atoms with Gasteiger partial charge in [-0.3, -0.25) is 9.88 Å². The van der Waals surface area contributed by atoms with Gasteiger partial charge in [-0.15, -0.1) is 0 Å². The van der Waals surface area contributed by atoms with Crippen molar-refractivity contribution in [1.82, 2.24) is 14.8 Å². The maximum absolute atomic E-state index is 6.05. The van der Waals surface area contributed by atoms with E-state index >= 15 is 0 Å². The highest BCUT2D eigenvalue weighted by Crippen LogP contribution is 2.38. The average molecular weight is 340 g/mol. The second-order valence-corrected chi connectivity index (χ2v) is 6.73. The monoisotopic (exact) mass is 339 g/mol. The van der Waals surface area contributed by atoms with Crippen LogP contribution in [0.5, 0.6) is 0 Å². The largest absolute Gasteiger partial charge is 0.352 e. The highest BCUT2D eigenvalue weighted by molar-refractivity contribution is 7.80. The molecule has 0 aliphatic carbocycles. The number of aromatic nitrogens is 1. The molecule has 1 aromatic carbocycles. The van der Waals surface area contributed by atoms with Crippen molar-refractivity contribution in [3.05, 3.63) is 66.0 Å². The lowest BCUT2D eigenvalue weighted by molar-refractivity contribution is 0.142. The van der Waals surface area contributed by atoms with Crippen molar-refractivity contribution in [3.8, 4) is 0 Å². The van der Waals surface area contributed by atoms with Crippen LogP contribution in [0.4, 0.5) is 0 Å². The van der Waals surface area contributed by atoms with Gasteiger partial charge in [-0.1, -0.05) is 62.5 Å². The SMILES string of the molecule is CCCN1CN(CC)CC(c2ccccc2)(c2ccccn2)C1=S. The molecule has 3 nitrogen and oxygen atoms in total. The number of nitrogens with zero attached hydrogens (tertiary/aromatic N) is 3. The molecule has 126 valence electrons. The fourth-order valence-corrected chi connectivity index (χ4v) is 4.01. The number of hydrogen-bond acceptors (Lipinski definition) is 3. The highest BCUT2D eigenvalue weighted by Gasteiger charge is 2.46. The molecular weight excluding hydrogens is 314 g/mol. The summed E-state index contributed by atoms with van der Waals surface area (Å²) in [7, 11) is 0. The summed E-state index contributed by atoms with van der Waals surface area (Å²) in [4.78, 5) is 10.5. The van der Waals surface area contributed by atoms with Crippen LogP contribution >= 0.6 is 12.2 Å². The van der Waals surface area contributed by atoms with E-state index in [-0.39, 0.29) is 5.41 Å². The number of likely N-dealkylation sites (N-methyl/N-ethyl adjacent to an activating group) is 1. The Labute approximate surface area is 150 Å². The average Bonchev–Trinajstić information content (AvgIpc) is 2.65. The van der Waals surface area contributed by atoms with Crippen LogP contribution < -0.4 is 0 Å². The van der Waals surface area contributed by atoms with Crippen molar-refractivity contribution in [2.45, 2.75) is 25.7 Å². The van der Waals surface area contributed by atoms with Gasteiger partial charge < -0.3 is 4.90 Å². The maximum atomic E-state index is 6.05. The topological polar surface area (TPSA) is 19.4 Å². The van der Waals surface area contributed by atoms with Crippen molar-refractivity contribution >= 4 is 17.2 Å². The minimum Gasteiger partial charge on any atom is -0.352 e. The van der Waals surface area contributed by atoms with Crippen molar-refractivity contribution < 1.29 is 0 Å². The summed E-state index contributed by atoms with van der Waals surface area (Å²) in [6, 6.07) is 16.8. The summed E-state index contributed by atoms with van der Waals surface area (Å²) in [5, 5.41) is 0. The molecule has 1 saturated heterocycles. The number of pyridine rings is 1. The van der Waals surface area contributed by atoms with Crippen molar-refractivity contribution in [1.29, 1.82) is 0 Å². The molecule has 3 rings (SSSR count). The van der Waals surface area contributed by atoms with Gasteiger partial charge in [-0.25, -0.2) is 0 Å². The van der Waals surface area contributed by atoms with E-state index in [2.05, 4.69) is 66.1 Å². The molecule has 4 heteroatoms. The molecule has 0 bridgehead atoms. The molecule has 0 saturated carbocycles. The smallest absolute Gasteiger partial charge is 0.100 e. The predicted molar refractivity (Wildman–Crippen MR) is 103 cm³/mol. The Morgan fingerprint density at radius 2 is 1.83 bits per heavy atom. The quantitative estimate of drug-likeness (QED) is 0.773. The summed E-state index contributed by atoms with van der Waals surface area (Å²) in [5.41, 5.74) is 1.91. The molecule has 0 N–H and O–H groups in total. The van der Waals surface area contributed by atoms with Gasteiger partial charge in [0.15, 0.2) is 0 Å². The highest BCUT2D eigenvalue weighted by atomic mass is 32.1. The van der Waals surface area contributed by atoms with Crippen molar-refractivity contribution in [2.75, 3.05) is 26.3 Å². The third kappa shape index (κ3) is 2.96. The second-order valence-electron chi connectivity index (χ2n) is 6.34. The first kappa shape index (κ1) is 17.1. The molecule has 1 fully saturated rings. The predicted octanol–water partition coefficient (Wildman–Crippen LogP) is 3.70. The van der Waals surface area contributed by atoms with E-state index in [1.165, 1.54) is 5.56 Å². The van der Waals surface area contributed by atoms with Crippen LogP contribution in [0.15, 0.2) is 54.7 Å². The minimum atomic E-state index is -0.360. The molecule has 1 atom stereocenters. The van der Waals surface area contributed by atoms with Crippen LogP contribution in [-0.4, -0.2) is 46.1 Å². The van der Waals surface area contributed by atoms with Crippen molar-refractivity contribution in [3.63, 3.8) is 0 Å². The lowest BCUT2D eigenvalue weighted by atomic mass is 9.74. The fourth-order valence-electron chi connectivity index (χ4n) is 3.57. The first-order valence-corrected chi connectivity index (χ1v) is 9.12. The van der Waals surface area contributed by atoms with Crippen LogP contribution in [-0.2, 0) is 5.41 Å². The molecule has 1 aliphatic rings. The lowest BCUT2D eigenvalue weighted by Gasteiger charge is -2.49. The standard InChI is InChI=1S/C20H25N3S/c1-3-14-23-16-22(4-2)15-20(19(23)24,17-10-6-5-7-11-17)18-12-8-9-13-21-18/h5-13H,3-4,14-16H2,1-2H3. The summed E-state index contributed by atoms with van der Waals surface area (Å²) in [6.45, 7) is 8.19. The lowest BCUT2D eigenvalue weighted by Crippen LogP contribution is -2.61. The minimum absolute atomic E-state index is 0.360. The Kier molecular flexibility index (Phi) is 5.27. The molecule has 1 aromatic heterocycles. The second kappa shape index (κ2) is 7.41. The molecular formula is C20H25N3S. The van der Waals surface area contributed by atoms with Gasteiger partial charge in [0.05, 0.1) is 17.4 Å². The van der Waals surface area contributed by atoms with Crippen LogP contribution in [0, 0.1) is 0 Å². The van der Waals surface area contributed by atoms with Gasteiger partial charge in [-0.05, 0) is 30.7 Å². The Morgan fingerprint density at radius 1 is 1.08 bits per heavy atom. The number of hydrogen-bond donors (Lipinski definition) is 0. The number of rotatable bonds is 5. The molecule has 0 amide bonds. The third-order valence-electron chi connectivity index (χ3n) is 4.79. The van der Waals surface area contributed by atoms with E-state index in [0.717, 1.165) is 43.4 Å². The zero-order valence-corrected chi connectivity index (χ0v) is 15.3. The molecule has 1 unspecified atom stereocenters. The Morgan fingerprint density at radius 3 is 2.46 bits per heavy atom. The van der Waals surface area contributed by atoms with Crippen LogP contribution in [0.25, 0.3) is 0 Å². The van der Waals surface area contributed by atoms with E-state index < -0.39 is 0 Å². The van der Waals surface area contributed by atoms with Crippen LogP contribution in [0.3, 0.4) is 0 Å². The number of benzene rings is 1. The van der Waals surface area contributed by atoms with E-state index in [1.54, 1.807) is 0 Å². The van der Waals surface area contributed by atoms with Gasteiger partial charge in [0.25, 0.3) is 0 Å². The number of thiocarbonyl (C=S) groups is 1. The zero-order valence-electron chi connectivity index (χ0n) is 14.5.